The van der Waals surface area contributed by atoms with Crippen molar-refractivity contribution in [3.8, 4) is 5.75 Å². The van der Waals surface area contributed by atoms with Gasteiger partial charge < -0.3 is 14.6 Å². The highest BCUT2D eigenvalue weighted by Gasteiger charge is 2.40. The minimum absolute atomic E-state index is 0.304. The van der Waals surface area contributed by atoms with Crippen LogP contribution in [-0.4, -0.2) is 40.8 Å². The van der Waals surface area contributed by atoms with Crippen LogP contribution in [0.3, 0.4) is 0 Å². The SMILES string of the molecule is CC(C)(C)OC(=O)N1CCc2c(ccc3c2OCC3)C1C(=O)O. The monoisotopic (exact) mass is 319 g/mol. The molecule has 23 heavy (non-hydrogen) atoms. The predicted octanol–water partition coefficient (Wildman–Crippen LogP) is 2.54. The first-order chi connectivity index (χ1) is 10.8. The van der Waals surface area contributed by atoms with Crippen LogP contribution in [-0.2, 0) is 22.4 Å². The Kier molecular flexibility index (Phi) is 3.70. The molecule has 1 N–H and O–H groups in total. The molecule has 0 saturated carbocycles. The number of hydrogen-bond acceptors (Lipinski definition) is 4. The molecule has 2 aliphatic heterocycles. The molecule has 6 nitrogen and oxygen atoms in total. The largest absolute Gasteiger partial charge is 0.493 e. The maximum absolute atomic E-state index is 12.4. The maximum atomic E-state index is 12.4. The van der Waals surface area contributed by atoms with E-state index in [-0.39, 0.29) is 0 Å². The third-order valence-corrected chi connectivity index (χ3v) is 4.07. The van der Waals surface area contributed by atoms with E-state index in [4.69, 9.17) is 9.47 Å². The van der Waals surface area contributed by atoms with Crippen molar-refractivity contribution in [2.75, 3.05) is 13.2 Å². The van der Waals surface area contributed by atoms with E-state index in [9.17, 15) is 14.7 Å². The van der Waals surface area contributed by atoms with Gasteiger partial charge in [-0.3, -0.25) is 4.90 Å². The number of rotatable bonds is 1. The summed E-state index contributed by atoms with van der Waals surface area (Å²) in [5.41, 5.74) is 1.97. The average Bonchev–Trinajstić information content (AvgIpc) is 2.92. The Bertz CT molecular complexity index is 662. The molecule has 1 aromatic rings. The molecule has 1 atom stereocenters. The predicted molar refractivity (Wildman–Crippen MR) is 82.7 cm³/mol. The van der Waals surface area contributed by atoms with E-state index in [0.29, 0.717) is 25.1 Å². The second-order valence-corrected chi connectivity index (χ2v) is 6.88. The van der Waals surface area contributed by atoms with Crippen molar-refractivity contribution >= 4 is 12.1 Å². The number of carboxylic acid groups (broad SMARTS) is 1. The van der Waals surface area contributed by atoms with Crippen LogP contribution < -0.4 is 4.74 Å². The van der Waals surface area contributed by atoms with Crippen LogP contribution in [0.5, 0.6) is 5.75 Å². The van der Waals surface area contributed by atoms with Crippen LogP contribution in [0.4, 0.5) is 4.79 Å². The van der Waals surface area contributed by atoms with E-state index in [1.165, 1.54) is 4.90 Å². The number of carbonyl (C=O) groups is 2. The summed E-state index contributed by atoms with van der Waals surface area (Å²) in [4.78, 5) is 25.5. The first-order valence-corrected chi connectivity index (χ1v) is 7.78. The summed E-state index contributed by atoms with van der Waals surface area (Å²) in [6, 6.07) is 2.66. The second kappa shape index (κ2) is 5.44. The lowest BCUT2D eigenvalue weighted by atomic mass is 9.90. The molecular formula is C17H21NO5. The minimum atomic E-state index is -1.06. The molecule has 6 heteroatoms. The Labute approximate surface area is 135 Å². The number of ether oxygens (including phenoxy) is 2. The molecule has 0 spiro atoms. The Morgan fingerprint density at radius 2 is 2.04 bits per heavy atom. The summed E-state index contributed by atoms with van der Waals surface area (Å²) in [5.74, 6) is -0.257. The third kappa shape index (κ3) is 2.85. The molecular weight excluding hydrogens is 298 g/mol. The van der Waals surface area contributed by atoms with Crippen LogP contribution in [0.25, 0.3) is 0 Å². The zero-order valence-corrected chi connectivity index (χ0v) is 13.6. The fraction of sp³-hybridized carbons (Fsp3) is 0.529. The molecule has 1 unspecified atom stereocenters. The number of aliphatic carboxylic acids is 1. The number of fused-ring (bicyclic) bond motifs is 3. The van der Waals surface area contributed by atoms with Gasteiger partial charge in [-0.2, -0.15) is 0 Å². The van der Waals surface area contributed by atoms with E-state index in [0.717, 1.165) is 23.3 Å². The van der Waals surface area contributed by atoms with Crippen molar-refractivity contribution < 1.29 is 24.2 Å². The Morgan fingerprint density at radius 1 is 1.30 bits per heavy atom. The van der Waals surface area contributed by atoms with Crippen molar-refractivity contribution in [1.29, 1.82) is 0 Å². The molecule has 2 heterocycles. The van der Waals surface area contributed by atoms with E-state index in [1.807, 2.05) is 6.07 Å². The van der Waals surface area contributed by atoms with Gasteiger partial charge in [0.25, 0.3) is 0 Å². The normalized spacial score (nSPS) is 19.6. The fourth-order valence-electron chi connectivity index (χ4n) is 3.16. The fourth-order valence-corrected chi connectivity index (χ4v) is 3.16. The number of amides is 1. The lowest BCUT2D eigenvalue weighted by Crippen LogP contribution is -2.45. The van der Waals surface area contributed by atoms with Gasteiger partial charge in [-0.1, -0.05) is 12.1 Å². The van der Waals surface area contributed by atoms with Crippen molar-refractivity contribution in [2.45, 2.75) is 45.3 Å². The molecule has 0 aromatic heterocycles. The van der Waals surface area contributed by atoms with Gasteiger partial charge in [0, 0.05) is 18.5 Å². The Balaban J connectivity index is 1.97. The summed E-state index contributed by atoms with van der Waals surface area (Å²) in [6.45, 7) is 6.22. The summed E-state index contributed by atoms with van der Waals surface area (Å²) in [6.07, 6.45) is 0.814. The minimum Gasteiger partial charge on any atom is -0.493 e. The lowest BCUT2D eigenvalue weighted by Gasteiger charge is -2.36. The van der Waals surface area contributed by atoms with E-state index < -0.39 is 23.7 Å². The molecule has 124 valence electrons. The van der Waals surface area contributed by atoms with Crippen molar-refractivity contribution in [2.24, 2.45) is 0 Å². The van der Waals surface area contributed by atoms with Gasteiger partial charge in [0.2, 0.25) is 0 Å². The number of benzene rings is 1. The topological polar surface area (TPSA) is 76.1 Å². The van der Waals surface area contributed by atoms with Gasteiger partial charge in [0.05, 0.1) is 6.61 Å². The molecule has 0 fully saturated rings. The number of nitrogens with zero attached hydrogens (tertiary/aromatic N) is 1. The van der Waals surface area contributed by atoms with Gasteiger partial charge in [-0.25, -0.2) is 9.59 Å². The van der Waals surface area contributed by atoms with Gasteiger partial charge in [0.15, 0.2) is 6.04 Å². The summed E-state index contributed by atoms with van der Waals surface area (Å²) in [5, 5.41) is 9.66. The van der Waals surface area contributed by atoms with Crippen molar-refractivity contribution in [3.05, 3.63) is 28.8 Å². The molecule has 2 aliphatic rings. The standard InChI is InChI=1S/C17H21NO5/c1-17(2,3)23-16(21)18-8-6-12-11(13(18)15(19)20)5-4-10-7-9-22-14(10)12/h4-5,13H,6-9H2,1-3H3,(H,19,20). The highest BCUT2D eigenvalue weighted by molar-refractivity contribution is 5.83. The highest BCUT2D eigenvalue weighted by Crippen LogP contribution is 2.40. The van der Waals surface area contributed by atoms with Crippen molar-refractivity contribution in [1.82, 2.24) is 4.90 Å². The van der Waals surface area contributed by atoms with E-state index in [2.05, 4.69) is 0 Å². The first kappa shape index (κ1) is 15.6. The van der Waals surface area contributed by atoms with Gasteiger partial charge in [0.1, 0.15) is 11.4 Å². The van der Waals surface area contributed by atoms with E-state index in [1.54, 1.807) is 26.8 Å². The Morgan fingerprint density at radius 3 is 2.70 bits per heavy atom. The Hall–Kier alpha value is -2.24. The lowest BCUT2D eigenvalue weighted by molar-refractivity contribution is -0.143. The third-order valence-electron chi connectivity index (χ3n) is 4.07. The zero-order valence-electron chi connectivity index (χ0n) is 13.6. The average molecular weight is 319 g/mol. The van der Waals surface area contributed by atoms with Crippen molar-refractivity contribution in [3.63, 3.8) is 0 Å². The second-order valence-electron chi connectivity index (χ2n) is 6.88. The maximum Gasteiger partial charge on any atom is 0.411 e. The molecule has 0 bridgehead atoms. The van der Waals surface area contributed by atoms with Gasteiger partial charge in [-0.15, -0.1) is 0 Å². The molecule has 0 saturated heterocycles. The van der Waals surface area contributed by atoms with Gasteiger partial charge >= 0.3 is 12.1 Å². The van der Waals surface area contributed by atoms with Crippen LogP contribution in [0.2, 0.25) is 0 Å². The number of hydrogen-bond donors (Lipinski definition) is 1. The molecule has 3 rings (SSSR count). The van der Waals surface area contributed by atoms with Crippen LogP contribution in [0, 0.1) is 0 Å². The molecule has 0 radical (unpaired) electrons. The van der Waals surface area contributed by atoms with Crippen LogP contribution in [0.15, 0.2) is 12.1 Å². The molecule has 0 aliphatic carbocycles. The summed E-state index contributed by atoms with van der Waals surface area (Å²) in [7, 11) is 0. The molecule has 1 amide bonds. The van der Waals surface area contributed by atoms with Crippen LogP contribution in [0.1, 0.15) is 43.5 Å². The summed E-state index contributed by atoms with van der Waals surface area (Å²) >= 11 is 0. The van der Waals surface area contributed by atoms with Crippen LogP contribution >= 0.6 is 0 Å². The number of carbonyl (C=O) groups excluding carboxylic acids is 1. The first-order valence-electron chi connectivity index (χ1n) is 7.78. The summed E-state index contributed by atoms with van der Waals surface area (Å²) < 4.78 is 11.0. The van der Waals surface area contributed by atoms with E-state index >= 15 is 0 Å². The smallest absolute Gasteiger partial charge is 0.411 e. The molecule has 1 aromatic carbocycles. The zero-order chi connectivity index (χ0) is 16.8. The quantitative estimate of drug-likeness (QED) is 0.861. The highest BCUT2D eigenvalue weighted by atomic mass is 16.6. The van der Waals surface area contributed by atoms with Gasteiger partial charge in [-0.05, 0) is 38.3 Å². The number of carboxylic acids is 1.